The van der Waals surface area contributed by atoms with Crippen molar-refractivity contribution in [1.29, 1.82) is 0 Å². The van der Waals surface area contributed by atoms with Crippen LogP contribution in [0.4, 0.5) is 4.39 Å². The highest BCUT2D eigenvalue weighted by molar-refractivity contribution is 6.03. The van der Waals surface area contributed by atoms with Gasteiger partial charge in [0, 0.05) is 18.5 Å². The number of likely N-dealkylation sites (N-methyl/N-ethyl adjacent to an activating group) is 1. The molecule has 158 valence electrons. The molecular formula is C26H26FN3O. The van der Waals surface area contributed by atoms with Crippen molar-refractivity contribution in [3.63, 3.8) is 0 Å². The highest BCUT2D eigenvalue weighted by Crippen LogP contribution is 2.34. The van der Waals surface area contributed by atoms with E-state index in [1.165, 1.54) is 12.1 Å². The van der Waals surface area contributed by atoms with Crippen molar-refractivity contribution in [2.45, 2.75) is 25.9 Å². The van der Waals surface area contributed by atoms with Gasteiger partial charge in [0.05, 0.1) is 18.3 Å². The number of hydrogen-bond acceptors (Lipinski definition) is 3. The van der Waals surface area contributed by atoms with Crippen LogP contribution >= 0.6 is 0 Å². The van der Waals surface area contributed by atoms with Gasteiger partial charge in [-0.3, -0.25) is 9.69 Å². The number of amides is 1. The summed E-state index contributed by atoms with van der Waals surface area (Å²) >= 11 is 0. The number of hydrazone groups is 1. The molecule has 1 heterocycles. The van der Waals surface area contributed by atoms with Gasteiger partial charge in [-0.2, -0.15) is 5.10 Å². The molecule has 1 aliphatic rings. The van der Waals surface area contributed by atoms with E-state index in [-0.39, 0.29) is 24.3 Å². The summed E-state index contributed by atoms with van der Waals surface area (Å²) in [4.78, 5) is 15.3. The Kier molecular flexibility index (Phi) is 6.23. The number of rotatable bonds is 6. The maximum Gasteiger partial charge on any atom is 0.257 e. The van der Waals surface area contributed by atoms with E-state index < -0.39 is 0 Å². The first-order valence-electron chi connectivity index (χ1n) is 10.4. The first-order chi connectivity index (χ1) is 15.0. The van der Waals surface area contributed by atoms with E-state index in [9.17, 15) is 9.18 Å². The van der Waals surface area contributed by atoms with Gasteiger partial charge in [0.2, 0.25) is 0 Å². The topological polar surface area (TPSA) is 35.9 Å². The fourth-order valence-corrected chi connectivity index (χ4v) is 4.04. The first kappa shape index (κ1) is 20.9. The lowest BCUT2D eigenvalue weighted by Crippen LogP contribution is -2.36. The molecule has 0 aliphatic carbocycles. The summed E-state index contributed by atoms with van der Waals surface area (Å²) in [5.74, 6) is -0.377. The third-order valence-electron chi connectivity index (χ3n) is 5.57. The van der Waals surface area contributed by atoms with Crippen molar-refractivity contribution in [2.75, 3.05) is 13.6 Å². The van der Waals surface area contributed by atoms with E-state index in [0.29, 0.717) is 18.5 Å². The quantitative estimate of drug-likeness (QED) is 0.571. The lowest BCUT2D eigenvalue weighted by Gasteiger charge is -2.25. The monoisotopic (exact) mass is 415 g/mol. The number of nitrogens with zero attached hydrogens (tertiary/aromatic N) is 3. The predicted molar refractivity (Wildman–Crippen MR) is 121 cm³/mol. The minimum atomic E-state index is -0.306. The molecule has 0 N–H and O–H groups in total. The third kappa shape index (κ3) is 4.89. The van der Waals surface area contributed by atoms with Gasteiger partial charge in [0.1, 0.15) is 5.82 Å². The lowest BCUT2D eigenvalue weighted by molar-refractivity contribution is -0.134. The number of carbonyl (C=O) groups excluding carboxylic acids is 1. The minimum absolute atomic E-state index is 0.0712. The highest BCUT2D eigenvalue weighted by Gasteiger charge is 2.34. The Morgan fingerprint density at radius 3 is 2.55 bits per heavy atom. The van der Waals surface area contributed by atoms with Crippen LogP contribution in [0, 0.1) is 12.7 Å². The molecule has 31 heavy (non-hydrogen) atoms. The Labute approximate surface area is 182 Å². The molecule has 0 unspecified atom stereocenters. The molecule has 0 saturated heterocycles. The van der Waals surface area contributed by atoms with Crippen molar-refractivity contribution in [3.8, 4) is 0 Å². The van der Waals surface area contributed by atoms with Crippen LogP contribution in [0.3, 0.4) is 0 Å². The molecule has 0 fully saturated rings. The molecule has 3 aromatic rings. The van der Waals surface area contributed by atoms with E-state index in [1.807, 2.05) is 79.5 Å². The number of hydrogen-bond donors (Lipinski definition) is 0. The second kappa shape index (κ2) is 9.23. The average Bonchev–Trinajstić information content (AvgIpc) is 3.20. The Balaban J connectivity index is 1.58. The molecule has 0 spiro atoms. The van der Waals surface area contributed by atoms with E-state index >= 15 is 0 Å². The SMILES string of the molecule is Cc1ccccc1[C@@H]1CC(c2cccc(F)c2)=NN1C(=O)CN(C)Cc1ccccc1. The lowest BCUT2D eigenvalue weighted by atomic mass is 9.95. The Bertz CT molecular complexity index is 1100. The summed E-state index contributed by atoms with van der Waals surface area (Å²) < 4.78 is 13.8. The summed E-state index contributed by atoms with van der Waals surface area (Å²) in [6, 6.07) is 24.3. The van der Waals surface area contributed by atoms with Gasteiger partial charge in [-0.15, -0.1) is 0 Å². The van der Waals surface area contributed by atoms with Crippen molar-refractivity contribution >= 4 is 11.6 Å². The molecule has 0 saturated carbocycles. The molecule has 4 rings (SSSR count). The number of halogens is 1. The second-order valence-corrected chi connectivity index (χ2v) is 8.03. The van der Waals surface area contributed by atoms with Crippen LogP contribution in [0.5, 0.6) is 0 Å². The van der Waals surface area contributed by atoms with E-state index in [2.05, 4.69) is 5.10 Å². The van der Waals surface area contributed by atoms with Crippen LogP contribution in [0.25, 0.3) is 0 Å². The van der Waals surface area contributed by atoms with Crippen molar-refractivity contribution < 1.29 is 9.18 Å². The molecule has 1 aliphatic heterocycles. The number of carbonyl (C=O) groups is 1. The first-order valence-corrected chi connectivity index (χ1v) is 10.4. The van der Waals surface area contributed by atoms with Gasteiger partial charge in [0.15, 0.2) is 0 Å². The zero-order chi connectivity index (χ0) is 21.8. The minimum Gasteiger partial charge on any atom is -0.293 e. The molecule has 1 amide bonds. The molecule has 0 bridgehead atoms. The van der Waals surface area contributed by atoms with Gasteiger partial charge in [0.25, 0.3) is 5.91 Å². The van der Waals surface area contributed by atoms with E-state index in [1.54, 1.807) is 11.1 Å². The normalized spacial score (nSPS) is 15.9. The van der Waals surface area contributed by atoms with Crippen molar-refractivity contribution in [1.82, 2.24) is 9.91 Å². The fraction of sp³-hybridized carbons (Fsp3) is 0.231. The van der Waals surface area contributed by atoms with Crippen LogP contribution in [-0.4, -0.2) is 35.1 Å². The van der Waals surface area contributed by atoms with Crippen LogP contribution in [0.2, 0.25) is 0 Å². The standard InChI is InChI=1S/C26H26FN3O/c1-19-9-6-7-14-23(19)25-16-24(21-12-8-13-22(27)15-21)28-30(25)26(31)18-29(2)17-20-10-4-3-5-11-20/h3-15,25H,16-18H2,1-2H3/t25-/m0/s1. The molecule has 3 aromatic carbocycles. The van der Waals surface area contributed by atoms with Crippen molar-refractivity contribution in [2.24, 2.45) is 5.10 Å². The molecule has 0 aromatic heterocycles. The second-order valence-electron chi connectivity index (χ2n) is 8.03. The number of aryl methyl sites for hydroxylation is 1. The largest absolute Gasteiger partial charge is 0.293 e. The zero-order valence-electron chi connectivity index (χ0n) is 17.8. The molecule has 4 nitrogen and oxygen atoms in total. The summed E-state index contributed by atoms with van der Waals surface area (Å²) in [6.07, 6.45) is 0.558. The summed E-state index contributed by atoms with van der Waals surface area (Å²) in [5.41, 5.74) is 4.77. The summed E-state index contributed by atoms with van der Waals surface area (Å²) in [5, 5.41) is 6.25. The van der Waals surface area contributed by atoms with Crippen molar-refractivity contribution in [3.05, 3.63) is 107 Å². The predicted octanol–water partition coefficient (Wildman–Crippen LogP) is 4.94. The van der Waals surface area contributed by atoms with E-state index in [4.69, 9.17) is 0 Å². The smallest absolute Gasteiger partial charge is 0.257 e. The Morgan fingerprint density at radius 2 is 1.81 bits per heavy atom. The molecule has 5 heteroatoms. The van der Waals surface area contributed by atoms with Crippen LogP contribution in [0.1, 0.15) is 34.7 Å². The van der Waals surface area contributed by atoms with Gasteiger partial charge >= 0.3 is 0 Å². The summed E-state index contributed by atoms with van der Waals surface area (Å²) in [6.45, 7) is 2.97. The maximum absolute atomic E-state index is 13.8. The van der Waals surface area contributed by atoms with Crippen LogP contribution in [-0.2, 0) is 11.3 Å². The van der Waals surface area contributed by atoms with Gasteiger partial charge in [-0.05, 0) is 42.8 Å². The van der Waals surface area contributed by atoms with E-state index in [0.717, 1.165) is 22.4 Å². The Morgan fingerprint density at radius 1 is 1.06 bits per heavy atom. The highest BCUT2D eigenvalue weighted by atomic mass is 19.1. The maximum atomic E-state index is 13.8. The third-order valence-corrected chi connectivity index (χ3v) is 5.57. The van der Waals surface area contributed by atoms with Crippen LogP contribution in [0.15, 0.2) is 84.0 Å². The average molecular weight is 416 g/mol. The van der Waals surface area contributed by atoms with Gasteiger partial charge in [-0.1, -0.05) is 66.7 Å². The van der Waals surface area contributed by atoms with Gasteiger partial charge < -0.3 is 0 Å². The van der Waals surface area contributed by atoms with Crippen LogP contribution < -0.4 is 0 Å². The molecule has 0 radical (unpaired) electrons. The Hall–Kier alpha value is -3.31. The molecule has 1 atom stereocenters. The van der Waals surface area contributed by atoms with Gasteiger partial charge in [-0.25, -0.2) is 9.40 Å². The number of benzene rings is 3. The fourth-order valence-electron chi connectivity index (χ4n) is 4.04. The summed E-state index contributed by atoms with van der Waals surface area (Å²) in [7, 11) is 1.93. The zero-order valence-corrected chi connectivity index (χ0v) is 17.8. The molecular weight excluding hydrogens is 389 g/mol.